The summed E-state index contributed by atoms with van der Waals surface area (Å²) in [6.07, 6.45) is 0.244. The van der Waals surface area contributed by atoms with Crippen LogP contribution in [0.5, 0.6) is 0 Å². The number of hydrogen-bond donors (Lipinski definition) is 1. The zero-order valence-electron chi connectivity index (χ0n) is 9.00. The number of anilines is 1. The predicted molar refractivity (Wildman–Crippen MR) is 62.6 cm³/mol. The van der Waals surface area contributed by atoms with Gasteiger partial charge in [0.05, 0.1) is 18.4 Å². The van der Waals surface area contributed by atoms with Crippen LogP contribution >= 0.6 is 11.8 Å². The molecule has 1 rings (SSSR count). The van der Waals surface area contributed by atoms with Crippen molar-refractivity contribution in [2.45, 2.75) is 24.8 Å². The number of ether oxygens (including phenoxy) is 1. The molecule has 0 amide bonds. The third-order valence-corrected chi connectivity index (χ3v) is 2.73. The molecule has 1 aromatic carbocycles. The molecule has 0 heterocycles. The quantitative estimate of drug-likeness (QED) is 0.479. The summed E-state index contributed by atoms with van der Waals surface area (Å²) in [7, 11) is 0. The molecule has 0 fully saturated rings. The Labute approximate surface area is 94.0 Å². The zero-order chi connectivity index (χ0) is 11.3. The summed E-state index contributed by atoms with van der Waals surface area (Å²) in [6.45, 7) is 4.66. The molecule has 0 unspecified atom stereocenters. The van der Waals surface area contributed by atoms with Crippen molar-refractivity contribution in [3.63, 3.8) is 0 Å². The van der Waals surface area contributed by atoms with E-state index in [-0.39, 0.29) is 17.6 Å². The van der Waals surface area contributed by atoms with Crippen LogP contribution in [0, 0.1) is 5.82 Å². The number of halogens is 1. The number of benzene rings is 1. The van der Waals surface area contributed by atoms with Crippen LogP contribution in [0.4, 0.5) is 10.1 Å². The summed E-state index contributed by atoms with van der Waals surface area (Å²) in [4.78, 5) is 0.883. The fourth-order valence-electron chi connectivity index (χ4n) is 1.04. The highest BCUT2D eigenvalue weighted by Crippen LogP contribution is 2.21. The summed E-state index contributed by atoms with van der Waals surface area (Å²) in [5.74, 6) is 0.464. The lowest BCUT2D eigenvalue weighted by atomic mass is 10.3. The SMILES string of the molecule is CC(C)OCCSc1ccc(N)c(F)c1. The Balaban J connectivity index is 2.35. The molecule has 0 saturated heterocycles. The molecule has 0 aliphatic carbocycles. The van der Waals surface area contributed by atoms with Crippen LogP contribution in [-0.2, 0) is 4.74 Å². The van der Waals surface area contributed by atoms with Gasteiger partial charge in [0.25, 0.3) is 0 Å². The van der Waals surface area contributed by atoms with E-state index in [4.69, 9.17) is 10.5 Å². The molecule has 0 spiro atoms. The lowest BCUT2D eigenvalue weighted by molar-refractivity contribution is 0.0920. The van der Waals surface area contributed by atoms with E-state index in [1.807, 2.05) is 19.9 Å². The van der Waals surface area contributed by atoms with Crippen molar-refractivity contribution in [1.82, 2.24) is 0 Å². The van der Waals surface area contributed by atoms with Gasteiger partial charge in [-0.1, -0.05) is 0 Å². The Bertz CT molecular complexity index is 317. The van der Waals surface area contributed by atoms with Gasteiger partial charge in [0, 0.05) is 10.6 Å². The summed E-state index contributed by atoms with van der Waals surface area (Å²) in [5, 5.41) is 0. The highest BCUT2D eigenvalue weighted by Gasteiger charge is 2.00. The van der Waals surface area contributed by atoms with E-state index in [1.54, 1.807) is 17.8 Å². The fraction of sp³-hybridized carbons (Fsp3) is 0.455. The molecular formula is C11H16FNOS. The standard InChI is InChI=1S/C11H16FNOS/c1-8(2)14-5-6-15-9-3-4-11(13)10(12)7-9/h3-4,7-8H,5-6,13H2,1-2H3. The van der Waals surface area contributed by atoms with Crippen LogP contribution in [0.15, 0.2) is 23.1 Å². The molecule has 0 aliphatic heterocycles. The van der Waals surface area contributed by atoms with Crippen molar-refractivity contribution < 1.29 is 9.13 Å². The lowest BCUT2D eigenvalue weighted by Gasteiger charge is -2.07. The highest BCUT2D eigenvalue weighted by atomic mass is 32.2. The minimum atomic E-state index is -0.357. The summed E-state index contributed by atoms with van der Waals surface area (Å²) in [6, 6.07) is 4.86. The maximum atomic E-state index is 13.0. The van der Waals surface area contributed by atoms with Crippen molar-refractivity contribution in [2.75, 3.05) is 18.1 Å². The van der Waals surface area contributed by atoms with Crippen molar-refractivity contribution >= 4 is 17.4 Å². The van der Waals surface area contributed by atoms with E-state index in [0.29, 0.717) is 6.61 Å². The molecule has 1 aromatic rings. The second-order valence-electron chi connectivity index (χ2n) is 3.45. The van der Waals surface area contributed by atoms with Gasteiger partial charge in [-0.3, -0.25) is 0 Å². The Morgan fingerprint density at radius 2 is 2.20 bits per heavy atom. The Kier molecular flexibility index (Phi) is 4.91. The molecule has 84 valence electrons. The van der Waals surface area contributed by atoms with Gasteiger partial charge in [0.1, 0.15) is 5.82 Å². The molecule has 0 saturated carbocycles. The van der Waals surface area contributed by atoms with Crippen LogP contribution in [0.25, 0.3) is 0 Å². The largest absolute Gasteiger partial charge is 0.396 e. The summed E-state index contributed by atoms with van der Waals surface area (Å²) < 4.78 is 18.4. The Morgan fingerprint density at radius 1 is 1.47 bits per heavy atom. The number of thioether (sulfide) groups is 1. The maximum Gasteiger partial charge on any atom is 0.147 e. The molecule has 0 aliphatic rings. The highest BCUT2D eigenvalue weighted by molar-refractivity contribution is 7.99. The first kappa shape index (κ1) is 12.3. The van der Waals surface area contributed by atoms with E-state index >= 15 is 0 Å². The van der Waals surface area contributed by atoms with E-state index in [2.05, 4.69) is 0 Å². The maximum absolute atomic E-state index is 13.0. The molecular weight excluding hydrogens is 213 g/mol. The molecule has 0 bridgehead atoms. The van der Waals surface area contributed by atoms with Crippen LogP contribution in [0.1, 0.15) is 13.8 Å². The predicted octanol–water partition coefficient (Wildman–Crippen LogP) is 2.93. The molecule has 4 heteroatoms. The van der Waals surface area contributed by atoms with Crippen molar-refractivity contribution in [3.05, 3.63) is 24.0 Å². The van der Waals surface area contributed by atoms with Crippen LogP contribution in [0.2, 0.25) is 0 Å². The molecule has 0 atom stereocenters. The third kappa shape index (κ3) is 4.53. The van der Waals surface area contributed by atoms with Crippen molar-refractivity contribution in [1.29, 1.82) is 0 Å². The van der Waals surface area contributed by atoms with Gasteiger partial charge < -0.3 is 10.5 Å². The molecule has 2 N–H and O–H groups in total. The minimum absolute atomic E-state index is 0.192. The number of rotatable bonds is 5. The van der Waals surface area contributed by atoms with E-state index < -0.39 is 0 Å². The second kappa shape index (κ2) is 5.98. The van der Waals surface area contributed by atoms with Gasteiger partial charge >= 0.3 is 0 Å². The Morgan fingerprint density at radius 3 is 2.80 bits per heavy atom. The number of hydrogen-bond acceptors (Lipinski definition) is 3. The summed E-state index contributed by atoms with van der Waals surface area (Å²) >= 11 is 1.56. The van der Waals surface area contributed by atoms with Crippen LogP contribution in [-0.4, -0.2) is 18.5 Å². The van der Waals surface area contributed by atoms with E-state index in [1.165, 1.54) is 6.07 Å². The topological polar surface area (TPSA) is 35.2 Å². The molecule has 15 heavy (non-hydrogen) atoms. The lowest BCUT2D eigenvalue weighted by Crippen LogP contribution is -2.05. The smallest absolute Gasteiger partial charge is 0.147 e. The van der Waals surface area contributed by atoms with E-state index in [0.717, 1.165) is 10.6 Å². The average Bonchev–Trinajstić information content (AvgIpc) is 2.18. The number of nitrogen functional groups attached to an aromatic ring is 1. The van der Waals surface area contributed by atoms with Gasteiger partial charge in [-0.15, -0.1) is 11.8 Å². The van der Waals surface area contributed by atoms with E-state index in [9.17, 15) is 4.39 Å². The zero-order valence-corrected chi connectivity index (χ0v) is 9.81. The van der Waals surface area contributed by atoms with Gasteiger partial charge in [-0.05, 0) is 32.0 Å². The second-order valence-corrected chi connectivity index (χ2v) is 4.62. The summed E-state index contributed by atoms with van der Waals surface area (Å²) in [5.41, 5.74) is 5.57. The first-order chi connectivity index (χ1) is 7.09. The van der Waals surface area contributed by atoms with Gasteiger partial charge in [-0.2, -0.15) is 0 Å². The van der Waals surface area contributed by atoms with Crippen LogP contribution < -0.4 is 5.73 Å². The normalized spacial score (nSPS) is 10.9. The first-order valence-corrected chi connectivity index (χ1v) is 5.87. The minimum Gasteiger partial charge on any atom is -0.396 e. The van der Waals surface area contributed by atoms with Crippen molar-refractivity contribution in [2.24, 2.45) is 0 Å². The third-order valence-electron chi connectivity index (χ3n) is 1.78. The number of nitrogens with two attached hydrogens (primary N) is 1. The Hall–Kier alpha value is -0.740. The molecule has 0 aromatic heterocycles. The fourth-order valence-corrected chi connectivity index (χ4v) is 1.81. The molecule has 2 nitrogen and oxygen atoms in total. The van der Waals surface area contributed by atoms with Gasteiger partial charge in [-0.25, -0.2) is 4.39 Å². The van der Waals surface area contributed by atoms with Crippen LogP contribution in [0.3, 0.4) is 0 Å². The average molecular weight is 229 g/mol. The van der Waals surface area contributed by atoms with Gasteiger partial charge in [0.15, 0.2) is 0 Å². The van der Waals surface area contributed by atoms with Gasteiger partial charge in [0.2, 0.25) is 0 Å². The van der Waals surface area contributed by atoms with Crippen molar-refractivity contribution in [3.8, 4) is 0 Å². The monoisotopic (exact) mass is 229 g/mol. The first-order valence-electron chi connectivity index (χ1n) is 4.89. The molecule has 0 radical (unpaired) electrons.